The van der Waals surface area contributed by atoms with Crippen LogP contribution in [0.3, 0.4) is 0 Å². The number of nitrogens with zero attached hydrogens (tertiary/aromatic N) is 4. The molecule has 0 spiro atoms. The standard InChI is InChI=1S/C18H18N6O4/c1-12(25)20-13-4-5-15(28-2)14(10-13)21-17(26)11-24-18(27)7-6-16(22-24)23-9-3-8-19-23/h3-10H,11H2,1-2H3,(H,20,25)(H,21,26). The van der Waals surface area contributed by atoms with Crippen molar-refractivity contribution in [3.63, 3.8) is 0 Å². The van der Waals surface area contributed by atoms with Gasteiger partial charge in [0.05, 0.1) is 12.8 Å². The van der Waals surface area contributed by atoms with Gasteiger partial charge in [-0.3, -0.25) is 14.4 Å². The van der Waals surface area contributed by atoms with Crippen molar-refractivity contribution in [2.24, 2.45) is 0 Å². The van der Waals surface area contributed by atoms with Crippen LogP contribution in [0.5, 0.6) is 5.75 Å². The molecule has 1 aromatic carbocycles. The Bertz CT molecular complexity index is 1060. The first-order valence-corrected chi connectivity index (χ1v) is 8.30. The van der Waals surface area contributed by atoms with Crippen LogP contribution in [-0.2, 0) is 16.1 Å². The molecule has 0 radical (unpaired) electrons. The lowest BCUT2D eigenvalue weighted by Crippen LogP contribution is -2.30. The van der Waals surface area contributed by atoms with E-state index in [-0.39, 0.29) is 12.5 Å². The minimum Gasteiger partial charge on any atom is -0.495 e. The zero-order chi connectivity index (χ0) is 20.1. The molecule has 0 saturated heterocycles. The Morgan fingerprint density at radius 2 is 2.00 bits per heavy atom. The van der Waals surface area contributed by atoms with E-state index in [9.17, 15) is 14.4 Å². The molecular formula is C18H18N6O4. The molecule has 2 N–H and O–H groups in total. The van der Waals surface area contributed by atoms with Crippen molar-refractivity contribution < 1.29 is 14.3 Å². The summed E-state index contributed by atoms with van der Waals surface area (Å²) in [5.74, 6) is 0.0924. The van der Waals surface area contributed by atoms with E-state index < -0.39 is 11.5 Å². The lowest BCUT2D eigenvalue weighted by Gasteiger charge is -2.13. The molecule has 10 heteroatoms. The number of hydrogen-bond acceptors (Lipinski definition) is 6. The Morgan fingerprint density at radius 1 is 1.18 bits per heavy atom. The van der Waals surface area contributed by atoms with Gasteiger partial charge >= 0.3 is 0 Å². The summed E-state index contributed by atoms with van der Waals surface area (Å²) in [7, 11) is 1.46. The zero-order valence-corrected chi connectivity index (χ0v) is 15.2. The van der Waals surface area contributed by atoms with Gasteiger partial charge in [0, 0.05) is 31.1 Å². The Labute approximate surface area is 159 Å². The number of benzene rings is 1. The van der Waals surface area contributed by atoms with Crippen LogP contribution in [0.2, 0.25) is 0 Å². The smallest absolute Gasteiger partial charge is 0.267 e. The van der Waals surface area contributed by atoms with Crippen LogP contribution in [0.4, 0.5) is 11.4 Å². The SMILES string of the molecule is COc1ccc(NC(C)=O)cc1NC(=O)Cn1nc(-n2cccn2)ccc1=O. The third-order valence-corrected chi connectivity index (χ3v) is 3.68. The molecule has 3 rings (SSSR count). The van der Waals surface area contributed by atoms with Gasteiger partial charge in [0.25, 0.3) is 5.56 Å². The molecule has 0 atom stereocenters. The number of methoxy groups -OCH3 is 1. The monoisotopic (exact) mass is 382 g/mol. The van der Waals surface area contributed by atoms with Gasteiger partial charge in [-0.05, 0) is 30.3 Å². The van der Waals surface area contributed by atoms with Crippen LogP contribution in [0.25, 0.3) is 5.82 Å². The number of amides is 2. The molecule has 2 heterocycles. The van der Waals surface area contributed by atoms with E-state index >= 15 is 0 Å². The Morgan fingerprint density at radius 3 is 2.68 bits per heavy atom. The average Bonchev–Trinajstić information content (AvgIpc) is 3.18. The van der Waals surface area contributed by atoms with Crippen molar-refractivity contribution in [2.75, 3.05) is 17.7 Å². The fourth-order valence-electron chi connectivity index (χ4n) is 2.49. The number of nitrogens with one attached hydrogen (secondary N) is 2. The first-order valence-electron chi connectivity index (χ1n) is 8.30. The highest BCUT2D eigenvalue weighted by molar-refractivity contribution is 5.94. The Kier molecular flexibility index (Phi) is 5.49. The van der Waals surface area contributed by atoms with Crippen molar-refractivity contribution >= 4 is 23.2 Å². The maximum absolute atomic E-state index is 12.5. The van der Waals surface area contributed by atoms with Crippen LogP contribution in [-0.4, -0.2) is 38.5 Å². The second-order valence-corrected chi connectivity index (χ2v) is 5.78. The van der Waals surface area contributed by atoms with Crippen LogP contribution < -0.4 is 20.9 Å². The summed E-state index contributed by atoms with van der Waals surface area (Å²) in [6.45, 7) is 1.08. The minimum atomic E-state index is -0.481. The highest BCUT2D eigenvalue weighted by atomic mass is 16.5. The molecule has 2 aromatic heterocycles. The summed E-state index contributed by atoms with van der Waals surface area (Å²) < 4.78 is 7.74. The molecule has 28 heavy (non-hydrogen) atoms. The van der Waals surface area contributed by atoms with E-state index in [2.05, 4.69) is 20.8 Å². The molecule has 0 saturated carbocycles. The number of carbonyl (C=O) groups is 2. The van der Waals surface area contributed by atoms with E-state index in [0.29, 0.717) is 22.9 Å². The maximum Gasteiger partial charge on any atom is 0.267 e. The highest BCUT2D eigenvalue weighted by Gasteiger charge is 2.12. The fourth-order valence-corrected chi connectivity index (χ4v) is 2.49. The molecular weight excluding hydrogens is 364 g/mol. The molecule has 3 aromatic rings. The predicted molar refractivity (Wildman–Crippen MR) is 102 cm³/mol. The number of rotatable bonds is 6. The van der Waals surface area contributed by atoms with Gasteiger partial charge in [-0.15, -0.1) is 5.10 Å². The van der Waals surface area contributed by atoms with Crippen molar-refractivity contribution in [3.05, 3.63) is 59.1 Å². The number of hydrogen-bond donors (Lipinski definition) is 2. The second kappa shape index (κ2) is 8.16. The van der Waals surface area contributed by atoms with E-state index in [1.807, 2.05) is 0 Å². The number of ether oxygens (including phenoxy) is 1. The average molecular weight is 382 g/mol. The molecule has 0 aliphatic heterocycles. The summed E-state index contributed by atoms with van der Waals surface area (Å²) in [5.41, 5.74) is 0.430. The van der Waals surface area contributed by atoms with E-state index in [1.165, 1.54) is 30.8 Å². The van der Waals surface area contributed by atoms with E-state index in [1.54, 1.807) is 36.7 Å². The summed E-state index contributed by atoms with van der Waals surface area (Å²) in [4.78, 5) is 35.7. The first-order chi connectivity index (χ1) is 13.5. The molecule has 144 valence electrons. The van der Waals surface area contributed by atoms with Gasteiger partial charge in [0.15, 0.2) is 5.82 Å². The number of aromatic nitrogens is 4. The Hall–Kier alpha value is -3.95. The maximum atomic E-state index is 12.5. The van der Waals surface area contributed by atoms with Gasteiger partial charge in [0.2, 0.25) is 11.8 Å². The topological polar surface area (TPSA) is 120 Å². The van der Waals surface area contributed by atoms with Crippen molar-refractivity contribution in [1.29, 1.82) is 0 Å². The van der Waals surface area contributed by atoms with Crippen LogP contribution in [0, 0.1) is 0 Å². The lowest BCUT2D eigenvalue weighted by atomic mass is 10.2. The molecule has 0 fully saturated rings. The first kappa shape index (κ1) is 18.8. The van der Waals surface area contributed by atoms with Crippen LogP contribution in [0.1, 0.15) is 6.92 Å². The second-order valence-electron chi connectivity index (χ2n) is 5.78. The third kappa shape index (κ3) is 4.41. The van der Waals surface area contributed by atoms with Gasteiger partial charge in [-0.1, -0.05) is 0 Å². The molecule has 0 aliphatic rings. The minimum absolute atomic E-state index is 0.242. The molecule has 0 aliphatic carbocycles. The van der Waals surface area contributed by atoms with Crippen LogP contribution in [0.15, 0.2) is 53.6 Å². The van der Waals surface area contributed by atoms with Gasteiger partial charge in [0.1, 0.15) is 12.3 Å². The molecule has 0 unspecified atom stereocenters. The Balaban J connectivity index is 1.80. The van der Waals surface area contributed by atoms with Gasteiger partial charge in [-0.25, -0.2) is 9.36 Å². The van der Waals surface area contributed by atoms with Gasteiger partial charge < -0.3 is 15.4 Å². The highest BCUT2D eigenvalue weighted by Crippen LogP contribution is 2.27. The number of carbonyl (C=O) groups excluding carboxylic acids is 2. The van der Waals surface area contributed by atoms with Crippen molar-refractivity contribution in [1.82, 2.24) is 19.6 Å². The lowest BCUT2D eigenvalue weighted by molar-refractivity contribution is -0.117. The predicted octanol–water partition coefficient (Wildman–Crippen LogP) is 1.03. The summed E-state index contributed by atoms with van der Waals surface area (Å²) >= 11 is 0. The van der Waals surface area contributed by atoms with Crippen molar-refractivity contribution in [2.45, 2.75) is 13.5 Å². The van der Waals surface area contributed by atoms with Crippen molar-refractivity contribution in [3.8, 4) is 11.6 Å². The molecule has 0 bridgehead atoms. The normalized spacial score (nSPS) is 10.4. The fraction of sp³-hybridized carbons (Fsp3) is 0.167. The largest absolute Gasteiger partial charge is 0.495 e. The van der Waals surface area contributed by atoms with Crippen LogP contribution >= 0.6 is 0 Å². The van der Waals surface area contributed by atoms with Gasteiger partial charge in [-0.2, -0.15) is 5.10 Å². The summed E-state index contributed by atoms with van der Waals surface area (Å²) in [6.07, 6.45) is 3.26. The summed E-state index contributed by atoms with van der Waals surface area (Å²) in [6, 6.07) is 9.38. The van der Waals surface area contributed by atoms with E-state index in [4.69, 9.17) is 4.74 Å². The molecule has 10 nitrogen and oxygen atoms in total. The zero-order valence-electron chi connectivity index (χ0n) is 15.2. The third-order valence-electron chi connectivity index (χ3n) is 3.68. The van der Waals surface area contributed by atoms with E-state index in [0.717, 1.165) is 4.68 Å². The quantitative estimate of drug-likeness (QED) is 0.657. The molecule has 2 amide bonds. The summed E-state index contributed by atoms with van der Waals surface area (Å²) in [5, 5.41) is 13.5. The number of anilines is 2.